The highest BCUT2D eigenvalue weighted by Crippen LogP contribution is 2.18. The van der Waals surface area contributed by atoms with Gasteiger partial charge in [0.1, 0.15) is 5.75 Å². The van der Waals surface area contributed by atoms with Crippen LogP contribution in [0.15, 0.2) is 18.2 Å². The average Bonchev–Trinajstić information content (AvgIpc) is 2.92. The first kappa shape index (κ1) is 16.8. The lowest BCUT2D eigenvalue weighted by Crippen LogP contribution is -2.35. The number of hydrogen-bond donors (Lipinski definition) is 0. The van der Waals surface area contributed by atoms with Crippen molar-refractivity contribution < 1.29 is 9.53 Å². The van der Waals surface area contributed by atoms with Gasteiger partial charge in [-0.25, -0.2) is 0 Å². The van der Waals surface area contributed by atoms with Crippen LogP contribution in [0.4, 0.5) is 0 Å². The van der Waals surface area contributed by atoms with Gasteiger partial charge in [0.15, 0.2) is 0 Å². The molecule has 1 heterocycles. The Bertz CT molecular complexity index is 516. The van der Waals surface area contributed by atoms with Crippen molar-refractivity contribution in [3.05, 3.63) is 29.3 Å². The predicted octanol–water partition coefficient (Wildman–Crippen LogP) is 2.48. The van der Waals surface area contributed by atoms with Crippen LogP contribution in [0.3, 0.4) is 0 Å². The fourth-order valence-corrected chi connectivity index (χ4v) is 2.85. The Morgan fingerprint density at radius 2 is 2.14 bits per heavy atom. The molecule has 1 aromatic carbocycles. The molecule has 1 aromatic rings. The fourth-order valence-electron chi connectivity index (χ4n) is 2.85. The molecule has 0 N–H and O–H groups in total. The van der Waals surface area contributed by atoms with E-state index in [1.807, 2.05) is 18.0 Å². The molecule has 4 heteroatoms. The van der Waals surface area contributed by atoms with E-state index in [9.17, 15) is 4.79 Å². The summed E-state index contributed by atoms with van der Waals surface area (Å²) in [5, 5.41) is 0. The Balaban J connectivity index is 1.69. The van der Waals surface area contributed by atoms with Gasteiger partial charge in [-0.05, 0) is 63.5 Å². The van der Waals surface area contributed by atoms with Crippen LogP contribution in [0, 0.1) is 19.8 Å². The first-order valence-electron chi connectivity index (χ1n) is 8.11. The van der Waals surface area contributed by atoms with Gasteiger partial charge in [0, 0.05) is 20.1 Å². The fraction of sp³-hybridized carbons (Fsp3) is 0.611. The van der Waals surface area contributed by atoms with Crippen molar-refractivity contribution in [1.29, 1.82) is 0 Å². The monoisotopic (exact) mass is 304 g/mol. The number of carbonyl (C=O) groups is 1. The molecule has 4 nitrogen and oxygen atoms in total. The van der Waals surface area contributed by atoms with Crippen LogP contribution >= 0.6 is 0 Å². The SMILES string of the molecule is Cc1ccc(OCCCN(C)C(=O)C2CCN(C)C2)cc1C. The highest BCUT2D eigenvalue weighted by atomic mass is 16.5. The van der Waals surface area contributed by atoms with Crippen LogP contribution in [-0.4, -0.2) is 56.0 Å². The number of aryl methyl sites for hydroxylation is 2. The second kappa shape index (κ2) is 7.63. The molecule has 0 aliphatic carbocycles. The van der Waals surface area contributed by atoms with E-state index in [4.69, 9.17) is 4.74 Å². The highest BCUT2D eigenvalue weighted by Gasteiger charge is 2.28. The number of carbonyl (C=O) groups excluding carboxylic acids is 1. The first-order chi connectivity index (χ1) is 10.5. The van der Waals surface area contributed by atoms with E-state index in [0.29, 0.717) is 6.61 Å². The molecule has 1 unspecified atom stereocenters. The normalized spacial score (nSPS) is 18.5. The maximum absolute atomic E-state index is 12.3. The summed E-state index contributed by atoms with van der Waals surface area (Å²) >= 11 is 0. The third-order valence-electron chi connectivity index (χ3n) is 4.50. The number of ether oxygens (including phenoxy) is 1. The van der Waals surface area contributed by atoms with E-state index in [-0.39, 0.29) is 11.8 Å². The predicted molar refractivity (Wildman–Crippen MR) is 89.3 cm³/mol. The van der Waals surface area contributed by atoms with Gasteiger partial charge >= 0.3 is 0 Å². The first-order valence-corrected chi connectivity index (χ1v) is 8.11. The molecule has 1 fully saturated rings. The van der Waals surface area contributed by atoms with Crippen molar-refractivity contribution in [3.63, 3.8) is 0 Å². The van der Waals surface area contributed by atoms with Gasteiger partial charge in [-0.3, -0.25) is 4.79 Å². The molecule has 122 valence electrons. The lowest BCUT2D eigenvalue weighted by Gasteiger charge is -2.21. The third kappa shape index (κ3) is 4.47. The number of likely N-dealkylation sites (tertiary alicyclic amines) is 1. The van der Waals surface area contributed by atoms with E-state index in [1.54, 1.807) is 0 Å². The van der Waals surface area contributed by atoms with Crippen LogP contribution in [0.25, 0.3) is 0 Å². The number of amides is 1. The summed E-state index contributed by atoms with van der Waals surface area (Å²) in [4.78, 5) is 16.4. The summed E-state index contributed by atoms with van der Waals surface area (Å²) in [6, 6.07) is 6.15. The van der Waals surface area contributed by atoms with Crippen LogP contribution in [-0.2, 0) is 4.79 Å². The Morgan fingerprint density at radius 1 is 1.36 bits per heavy atom. The van der Waals surface area contributed by atoms with Gasteiger partial charge < -0.3 is 14.5 Å². The van der Waals surface area contributed by atoms with Crippen molar-refractivity contribution in [1.82, 2.24) is 9.80 Å². The third-order valence-corrected chi connectivity index (χ3v) is 4.50. The molecule has 0 bridgehead atoms. The summed E-state index contributed by atoms with van der Waals surface area (Å²) < 4.78 is 5.77. The molecule has 22 heavy (non-hydrogen) atoms. The summed E-state index contributed by atoms with van der Waals surface area (Å²) in [7, 11) is 3.97. The van der Waals surface area contributed by atoms with Gasteiger partial charge in [-0.15, -0.1) is 0 Å². The van der Waals surface area contributed by atoms with Crippen molar-refractivity contribution in [3.8, 4) is 5.75 Å². The van der Waals surface area contributed by atoms with Crippen LogP contribution in [0.2, 0.25) is 0 Å². The van der Waals surface area contributed by atoms with Crippen molar-refractivity contribution >= 4 is 5.91 Å². The minimum absolute atomic E-state index is 0.177. The summed E-state index contributed by atoms with van der Waals surface area (Å²) in [6.45, 7) is 7.50. The largest absolute Gasteiger partial charge is 0.494 e. The molecule has 1 atom stereocenters. The Hall–Kier alpha value is -1.55. The molecule has 1 amide bonds. The number of hydrogen-bond acceptors (Lipinski definition) is 3. The zero-order chi connectivity index (χ0) is 16.1. The Kier molecular flexibility index (Phi) is 5.83. The van der Waals surface area contributed by atoms with Gasteiger partial charge in [0.2, 0.25) is 5.91 Å². The van der Waals surface area contributed by atoms with Crippen molar-refractivity contribution in [2.75, 3.05) is 40.3 Å². The second-order valence-corrected chi connectivity index (χ2v) is 6.46. The maximum atomic E-state index is 12.3. The number of benzene rings is 1. The van der Waals surface area contributed by atoms with Crippen molar-refractivity contribution in [2.45, 2.75) is 26.7 Å². The minimum atomic E-state index is 0.177. The Labute approximate surface area is 134 Å². The second-order valence-electron chi connectivity index (χ2n) is 6.46. The molecule has 0 radical (unpaired) electrons. The van der Waals surface area contributed by atoms with E-state index in [1.165, 1.54) is 11.1 Å². The smallest absolute Gasteiger partial charge is 0.226 e. The molecule has 1 aliphatic rings. The molecule has 0 spiro atoms. The quantitative estimate of drug-likeness (QED) is 0.757. The van der Waals surface area contributed by atoms with Gasteiger partial charge in [0.25, 0.3) is 0 Å². The molecule has 1 saturated heterocycles. The van der Waals surface area contributed by atoms with Crippen molar-refractivity contribution in [2.24, 2.45) is 5.92 Å². The zero-order valence-corrected chi connectivity index (χ0v) is 14.3. The minimum Gasteiger partial charge on any atom is -0.494 e. The Morgan fingerprint density at radius 3 is 2.77 bits per heavy atom. The lowest BCUT2D eigenvalue weighted by molar-refractivity contribution is -0.133. The lowest BCUT2D eigenvalue weighted by atomic mass is 10.1. The van der Waals surface area contributed by atoms with Gasteiger partial charge in [0.05, 0.1) is 12.5 Å². The van der Waals surface area contributed by atoms with E-state index < -0.39 is 0 Å². The van der Waals surface area contributed by atoms with Crippen LogP contribution < -0.4 is 4.74 Å². The zero-order valence-electron chi connectivity index (χ0n) is 14.3. The van der Waals surface area contributed by atoms with Crippen LogP contribution in [0.5, 0.6) is 5.75 Å². The maximum Gasteiger partial charge on any atom is 0.226 e. The topological polar surface area (TPSA) is 32.8 Å². The average molecular weight is 304 g/mol. The van der Waals surface area contributed by atoms with E-state index >= 15 is 0 Å². The molecular formula is C18H28N2O2. The number of rotatable bonds is 6. The summed E-state index contributed by atoms with van der Waals surface area (Å²) in [6.07, 6.45) is 1.84. The van der Waals surface area contributed by atoms with E-state index in [0.717, 1.165) is 38.2 Å². The summed E-state index contributed by atoms with van der Waals surface area (Å²) in [5.41, 5.74) is 2.52. The molecule has 0 aromatic heterocycles. The van der Waals surface area contributed by atoms with Crippen LogP contribution in [0.1, 0.15) is 24.0 Å². The number of nitrogens with zero attached hydrogens (tertiary/aromatic N) is 2. The highest BCUT2D eigenvalue weighted by molar-refractivity contribution is 5.79. The van der Waals surface area contributed by atoms with Gasteiger partial charge in [-0.1, -0.05) is 6.07 Å². The molecule has 0 saturated carbocycles. The molecule has 1 aliphatic heterocycles. The standard InChI is InChI=1S/C18H28N2O2/c1-14-6-7-17(12-15(14)2)22-11-5-9-20(4)18(21)16-8-10-19(3)13-16/h6-7,12,16H,5,8-11,13H2,1-4H3. The van der Waals surface area contributed by atoms with E-state index in [2.05, 4.69) is 37.9 Å². The summed E-state index contributed by atoms with van der Waals surface area (Å²) in [5.74, 6) is 1.36. The van der Waals surface area contributed by atoms with Gasteiger partial charge in [-0.2, -0.15) is 0 Å². The molecular weight excluding hydrogens is 276 g/mol. The molecule has 2 rings (SSSR count).